The summed E-state index contributed by atoms with van der Waals surface area (Å²) in [5.41, 5.74) is 5.83. The summed E-state index contributed by atoms with van der Waals surface area (Å²) < 4.78 is 0. The Bertz CT molecular complexity index is 586. The Morgan fingerprint density at radius 1 is 1.25 bits per heavy atom. The molecule has 0 amide bonds. The predicted molar refractivity (Wildman–Crippen MR) is 85.3 cm³/mol. The van der Waals surface area contributed by atoms with Crippen LogP contribution < -0.4 is 10.6 Å². The van der Waals surface area contributed by atoms with E-state index in [1.807, 2.05) is 0 Å². The molecule has 3 rings (SSSR count). The van der Waals surface area contributed by atoms with Crippen LogP contribution in [0, 0.1) is 5.92 Å². The minimum Gasteiger partial charge on any atom is -0.368 e. The minimum absolute atomic E-state index is 0.375. The topological polar surface area (TPSA) is 58.3 Å². The normalized spacial score (nSPS) is 17.2. The van der Waals surface area contributed by atoms with Crippen LogP contribution in [0.1, 0.15) is 13.8 Å². The summed E-state index contributed by atoms with van der Waals surface area (Å²) in [6.07, 6.45) is 0. The van der Waals surface area contributed by atoms with Crippen LogP contribution in [0.15, 0.2) is 11.4 Å². The highest BCUT2D eigenvalue weighted by Crippen LogP contribution is 2.29. The van der Waals surface area contributed by atoms with E-state index in [0.29, 0.717) is 5.95 Å². The predicted octanol–water partition coefficient (Wildman–Crippen LogP) is 2.05. The quantitative estimate of drug-likeness (QED) is 0.938. The number of piperazine rings is 1. The number of nitrogen functional groups attached to an aromatic ring is 1. The zero-order valence-corrected chi connectivity index (χ0v) is 12.9. The van der Waals surface area contributed by atoms with Crippen molar-refractivity contribution in [1.29, 1.82) is 0 Å². The summed E-state index contributed by atoms with van der Waals surface area (Å²) in [5.74, 6) is 2.09. The molecule has 1 aliphatic heterocycles. The van der Waals surface area contributed by atoms with Gasteiger partial charge < -0.3 is 10.6 Å². The van der Waals surface area contributed by atoms with Crippen molar-refractivity contribution in [1.82, 2.24) is 14.9 Å². The maximum absolute atomic E-state index is 5.83. The van der Waals surface area contributed by atoms with E-state index in [9.17, 15) is 0 Å². The van der Waals surface area contributed by atoms with Crippen LogP contribution in [0.2, 0.25) is 0 Å². The van der Waals surface area contributed by atoms with E-state index >= 15 is 0 Å². The third-order valence-electron chi connectivity index (χ3n) is 3.62. The molecule has 20 heavy (non-hydrogen) atoms. The van der Waals surface area contributed by atoms with Crippen LogP contribution in [-0.4, -0.2) is 47.6 Å². The molecule has 2 aromatic heterocycles. The van der Waals surface area contributed by atoms with E-state index in [0.717, 1.165) is 48.1 Å². The van der Waals surface area contributed by atoms with Gasteiger partial charge in [-0.25, -0.2) is 4.98 Å². The van der Waals surface area contributed by atoms with Gasteiger partial charge in [0, 0.05) is 32.7 Å². The number of nitrogens with zero attached hydrogens (tertiary/aromatic N) is 4. The van der Waals surface area contributed by atoms with Crippen LogP contribution >= 0.6 is 11.3 Å². The zero-order valence-electron chi connectivity index (χ0n) is 12.0. The monoisotopic (exact) mass is 291 g/mol. The molecule has 5 nitrogen and oxygen atoms in total. The lowest BCUT2D eigenvalue weighted by Gasteiger charge is -2.36. The van der Waals surface area contributed by atoms with Crippen molar-refractivity contribution in [2.24, 2.45) is 5.92 Å². The van der Waals surface area contributed by atoms with Gasteiger partial charge in [-0.15, -0.1) is 11.3 Å². The first-order valence-electron chi connectivity index (χ1n) is 7.11. The van der Waals surface area contributed by atoms with Gasteiger partial charge in [0.05, 0.1) is 5.39 Å². The summed E-state index contributed by atoms with van der Waals surface area (Å²) in [7, 11) is 0. The molecule has 6 heteroatoms. The molecule has 108 valence electrons. The molecule has 2 aromatic rings. The fraction of sp³-hybridized carbons (Fsp3) is 0.571. The van der Waals surface area contributed by atoms with Gasteiger partial charge in [-0.1, -0.05) is 13.8 Å². The van der Waals surface area contributed by atoms with E-state index < -0.39 is 0 Å². The third kappa shape index (κ3) is 2.71. The van der Waals surface area contributed by atoms with Crippen LogP contribution in [0.4, 0.5) is 11.8 Å². The van der Waals surface area contributed by atoms with Gasteiger partial charge in [-0.3, -0.25) is 4.90 Å². The smallest absolute Gasteiger partial charge is 0.223 e. The number of anilines is 2. The second-order valence-electron chi connectivity index (χ2n) is 5.73. The van der Waals surface area contributed by atoms with Crippen LogP contribution in [0.5, 0.6) is 0 Å². The van der Waals surface area contributed by atoms with Crippen molar-refractivity contribution in [3.05, 3.63) is 11.4 Å². The van der Waals surface area contributed by atoms with Crippen molar-refractivity contribution >= 4 is 33.3 Å². The van der Waals surface area contributed by atoms with Crippen LogP contribution in [0.25, 0.3) is 10.2 Å². The lowest BCUT2D eigenvalue weighted by atomic mass is 10.2. The van der Waals surface area contributed by atoms with Gasteiger partial charge >= 0.3 is 0 Å². The Labute approximate surface area is 123 Å². The van der Waals surface area contributed by atoms with E-state index in [1.54, 1.807) is 11.3 Å². The van der Waals surface area contributed by atoms with Crippen LogP contribution in [0.3, 0.4) is 0 Å². The lowest BCUT2D eigenvalue weighted by Crippen LogP contribution is -2.47. The molecule has 0 aliphatic carbocycles. The Hall–Kier alpha value is -1.40. The SMILES string of the molecule is CC(C)CN1CCN(c2nc(N)nc3sccc23)CC1. The average Bonchev–Trinajstić information content (AvgIpc) is 2.86. The zero-order chi connectivity index (χ0) is 14.1. The van der Waals surface area contributed by atoms with Gasteiger partial charge in [0.1, 0.15) is 10.6 Å². The molecule has 0 aromatic carbocycles. The molecule has 0 atom stereocenters. The Morgan fingerprint density at radius 2 is 2.00 bits per heavy atom. The first-order valence-corrected chi connectivity index (χ1v) is 7.99. The molecular formula is C14H21N5S. The van der Waals surface area contributed by atoms with Gasteiger partial charge in [0.25, 0.3) is 0 Å². The summed E-state index contributed by atoms with van der Waals surface area (Å²) in [6.45, 7) is 9.91. The number of rotatable bonds is 3. The largest absolute Gasteiger partial charge is 0.368 e. The standard InChI is InChI=1S/C14H21N5S/c1-10(2)9-18-4-6-19(7-5-18)12-11-3-8-20-13(11)17-14(15)16-12/h3,8,10H,4-7,9H2,1-2H3,(H2,15,16,17). The van der Waals surface area contributed by atoms with Crippen molar-refractivity contribution < 1.29 is 0 Å². The molecule has 2 N–H and O–H groups in total. The highest BCUT2D eigenvalue weighted by atomic mass is 32.1. The van der Waals surface area contributed by atoms with Crippen molar-refractivity contribution in [3.8, 4) is 0 Å². The molecule has 0 saturated carbocycles. The molecule has 0 spiro atoms. The summed E-state index contributed by atoms with van der Waals surface area (Å²) in [6, 6.07) is 2.09. The van der Waals surface area contributed by atoms with Gasteiger partial charge in [0.2, 0.25) is 5.95 Å². The van der Waals surface area contributed by atoms with Crippen molar-refractivity contribution in [2.45, 2.75) is 13.8 Å². The number of fused-ring (bicyclic) bond motifs is 1. The highest BCUT2D eigenvalue weighted by molar-refractivity contribution is 7.16. The fourth-order valence-electron chi connectivity index (χ4n) is 2.76. The Morgan fingerprint density at radius 3 is 2.70 bits per heavy atom. The van der Waals surface area contributed by atoms with E-state index in [1.165, 1.54) is 6.54 Å². The number of hydrogen-bond donors (Lipinski definition) is 1. The summed E-state index contributed by atoms with van der Waals surface area (Å²) in [4.78, 5) is 14.6. The first kappa shape index (κ1) is 13.6. The van der Waals surface area contributed by atoms with Gasteiger partial charge in [0.15, 0.2) is 0 Å². The average molecular weight is 291 g/mol. The number of hydrogen-bond acceptors (Lipinski definition) is 6. The molecule has 1 fully saturated rings. The Balaban J connectivity index is 1.78. The fourth-order valence-corrected chi connectivity index (χ4v) is 3.52. The minimum atomic E-state index is 0.375. The van der Waals surface area contributed by atoms with Crippen molar-refractivity contribution in [2.75, 3.05) is 43.4 Å². The molecule has 1 aliphatic rings. The van der Waals surface area contributed by atoms with Crippen molar-refractivity contribution in [3.63, 3.8) is 0 Å². The maximum atomic E-state index is 5.83. The lowest BCUT2D eigenvalue weighted by molar-refractivity contribution is 0.231. The van der Waals surface area contributed by atoms with E-state index in [-0.39, 0.29) is 0 Å². The molecular weight excluding hydrogens is 270 g/mol. The van der Waals surface area contributed by atoms with Gasteiger partial charge in [-0.05, 0) is 17.4 Å². The molecule has 0 bridgehead atoms. The number of aromatic nitrogens is 2. The highest BCUT2D eigenvalue weighted by Gasteiger charge is 2.21. The molecule has 1 saturated heterocycles. The number of nitrogens with two attached hydrogens (primary N) is 1. The summed E-state index contributed by atoms with van der Waals surface area (Å²) >= 11 is 1.62. The second-order valence-corrected chi connectivity index (χ2v) is 6.62. The first-order chi connectivity index (χ1) is 9.63. The maximum Gasteiger partial charge on any atom is 0.223 e. The number of thiophene rings is 1. The Kier molecular flexibility index (Phi) is 3.76. The third-order valence-corrected chi connectivity index (χ3v) is 4.42. The second kappa shape index (κ2) is 5.54. The van der Waals surface area contributed by atoms with Gasteiger partial charge in [-0.2, -0.15) is 4.98 Å². The van der Waals surface area contributed by atoms with E-state index in [2.05, 4.69) is 45.1 Å². The molecule has 0 unspecified atom stereocenters. The summed E-state index contributed by atoms with van der Waals surface area (Å²) in [5, 5.41) is 3.18. The molecule has 0 radical (unpaired) electrons. The molecule has 3 heterocycles. The van der Waals surface area contributed by atoms with Crippen LogP contribution in [-0.2, 0) is 0 Å². The van der Waals surface area contributed by atoms with E-state index in [4.69, 9.17) is 5.73 Å².